The summed E-state index contributed by atoms with van der Waals surface area (Å²) in [5.41, 5.74) is 4.17. The van der Waals surface area contributed by atoms with Gasteiger partial charge in [-0.3, -0.25) is 9.10 Å². The number of sulfonamides is 1. The zero-order valence-corrected chi connectivity index (χ0v) is 15.4. The van der Waals surface area contributed by atoms with E-state index in [1.807, 2.05) is 32.9 Å². The van der Waals surface area contributed by atoms with Crippen LogP contribution in [0.25, 0.3) is 0 Å². The summed E-state index contributed by atoms with van der Waals surface area (Å²) in [7, 11) is -2.12. The van der Waals surface area contributed by atoms with Crippen molar-refractivity contribution in [3.05, 3.63) is 53.1 Å². The number of hydrogen-bond acceptors (Lipinski definition) is 3. The molecule has 0 unspecified atom stereocenters. The van der Waals surface area contributed by atoms with Crippen molar-refractivity contribution >= 4 is 27.3 Å². The van der Waals surface area contributed by atoms with Crippen LogP contribution in [0.5, 0.6) is 0 Å². The summed E-state index contributed by atoms with van der Waals surface area (Å²) in [6.07, 6.45) is 0. The van der Waals surface area contributed by atoms with Gasteiger partial charge in [0.2, 0.25) is 5.91 Å². The van der Waals surface area contributed by atoms with Gasteiger partial charge < -0.3 is 5.32 Å². The normalized spacial score (nSPS) is 11.2. The minimum Gasteiger partial charge on any atom is -0.326 e. The number of rotatable bonds is 4. The molecular formula is C18H22N2O3S. The average Bonchev–Trinajstić information content (AvgIpc) is 2.45. The lowest BCUT2D eigenvalue weighted by molar-refractivity contribution is -0.114. The maximum atomic E-state index is 12.9. The molecule has 0 aromatic heterocycles. The second kappa shape index (κ2) is 6.65. The van der Waals surface area contributed by atoms with Gasteiger partial charge in [-0.05, 0) is 56.2 Å². The van der Waals surface area contributed by atoms with Gasteiger partial charge in [0.05, 0.1) is 10.6 Å². The van der Waals surface area contributed by atoms with Crippen LogP contribution in [0.3, 0.4) is 0 Å². The Morgan fingerprint density at radius 1 is 1.00 bits per heavy atom. The number of carbonyl (C=O) groups is 1. The van der Waals surface area contributed by atoms with Crippen molar-refractivity contribution in [2.24, 2.45) is 0 Å². The Hall–Kier alpha value is -2.34. The minimum absolute atomic E-state index is 0.179. The zero-order chi connectivity index (χ0) is 18.1. The van der Waals surface area contributed by atoms with E-state index in [9.17, 15) is 13.2 Å². The van der Waals surface area contributed by atoms with Gasteiger partial charge in [-0.15, -0.1) is 0 Å². The van der Waals surface area contributed by atoms with Gasteiger partial charge in [-0.25, -0.2) is 8.42 Å². The summed E-state index contributed by atoms with van der Waals surface area (Å²) in [6.45, 7) is 7.20. The maximum absolute atomic E-state index is 12.9. The highest BCUT2D eigenvalue weighted by molar-refractivity contribution is 7.92. The van der Waals surface area contributed by atoms with Crippen molar-refractivity contribution < 1.29 is 13.2 Å². The van der Waals surface area contributed by atoms with Crippen molar-refractivity contribution in [1.82, 2.24) is 0 Å². The third-order valence-corrected chi connectivity index (χ3v) is 5.55. The van der Waals surface area contributed by atoms with Crippen LogP contribution in [0.1, 0.15) is 23.6 Å². The highest BCUT2D eigenvalue weighted by Crippen LogP contribution is 2.30. The Morgan fingerprint density at radius 3 is 1.96 bits per heavy atom. The fourth-order valence-corrected chi connectivity index (χ4v) is 4.19. The molecule has 1 amide bonds. The third-order valence-electron chi connectivity index (χ3n) is 3.78. The van der Waals surface area contributed by atoms with Crippen LogP contribution in [-0.2, 0) is 14.8 Å². The number of nitrogens with one attached hydrogen (secondary N) is 1. The Labute approximate surface area is 143 Å². The van der Waals surface area contributed by atoms with Crippen LogP contribution in [0, 0.1) is 20.8 Å². The van der Waals surface area contributed by atoms with Gasteiger partial charge in [0.25, 0.3) is 10.0 Å². The molecule has 24 heavy (non-hydrogen) atoms. The second-order valence-electron chi connectivity index (χ2n) is 5.93. The predicted molar refractivity (Wildman–Crippen MR) is 97.0 cm³/mol. The molecule has 2 aromatic rings. The first-order chi connectivity index (χ1) is 11.1. The van der Waals surface area contributed by atoms with Crippen LogP contribution >= 0.6 is 0 Å². The summed E-state index contributed by atoms with van der Waals surface area (Å²) >= 11 is 0. The van der Waals surface area contributed by atoms with E-state index >= 15 is 0 Å². The monoisotopic (exact) mass is 346 g/mol. The lowest BCUT2D eigenvalue weighted by atomic mass is 10.1. The van der Waals surface area contributed by atoms with Crippen molar-refractivity contribution in [1.29, 1.82) is 0 Å². The molecule has 0 saturated carbocycles. The number of amides is 1. The first-order valence-corrected chi connectivity index (χ1v) is 9.01. The summed E-state index contributed by atoms with van der Waals surface area (Å²) in [5.74, 6) is -0.200. The number of benzene rings is 2. The SMILES string of the molecule is CC(=O)Nc1ccc(S(=O)(=O)N(C)c2c(C)cc(C)cc2C)cc1. The molecule has 5 nitrogen and oxygen atoms in total. The smallest absolute Gasteiger partial charge is 0.264 e. The van der Waals surface area contributed by atoms with Crippen LogP contribution in [0.4, 0.5) is 11.4 Å². The molecule has 2 aromatic carbocycles. The summed E-state index contributed by atoms with van der Waals surface area (Å²) in [4.78, 5) is 11.2. The molecule has 1 N–H and O–H groups in total. The first-order valence-electron chi connectivity index (χ1n) is 7.57. The number of carbonyl (C=O) groups excluding carboxylic acids is 1. The Morgan fingerprint density at radius 2 is 1.50 bits per heavy atom. The van der Waals surface area contributed by atoms with Crippen molar-refractivity contribution in [3.8, 4) is 0 Å². The molecule has 0 aliphatic carbocycles. The van der Waals surface area contributed by atoms with Gasteiger partial charge in [0, 0.05) is 19.7 Å². The fourth-order valence-electron chi connectivity index (χ4n) is 2.86. The lowest BCUT2D eigenvalue weighted by Gasteiger charge is -2.24. The van der Waals surface area contributed by atoms with Gasteiger partial charge in [-0.1, -0.05) is 17.7 Å². The molecule has 0 aliphatic rings. The van der Waals surface area contributed by atoms with E-state index in [2.05, 4.69) is 5.32 Å². The molecule has 2 rings (SSSR count). The first kappa shape index (κ1) is 18.0. The largest absolute Gasteiger partial charge is 0.326 e. The van der Waals surface area contributed by atoms with Gasteiger partial charge in [0.15, 0.2) is 0 Å². The molecule has 6 heteroatoms. The van der Waals surface area contributed by atoms with Crippen LogP contribution < -0.4 is 9.62 Å². The fraction of sp³-hybridized carbons (Fsp3) is 0.278. The molecular weight excluding hydrogens is 324 g/mol. The van der Waals surface area contributed by atoms with Crippen LogP contribution in [0.2, 0.25) is 0 Å². The van der Waals surface area contributed by atoms with Crippen molar-refractivity contribution in [2.75, 3.05) is 16.7 Å². The van der Waals surface area contributed by atoms with Crippen molar-refractivity contribution in [2.45, 2.75) is 32.6 Å². The van der Waals surface area contributed by atoms with E-state index in [0.717, 1.165) is 16.7 Å². The van der Waals surface area contributed by atoms with E-state index in [1.165, 1.54) is 23.4 Å². The molecule has 0 fully saturated rings. The molecule has 0 bridgehead atoms. The molecule has 0 atom stereocenters. The Bertz CT molecular complexity index is 849. The third kappa shape index (κ3) is 3.59. The van der Waals surface area contributed by atoms with E-state index < -0.39 is 10.0 Å². The molecule has 0 spiro atoms. The lowest BCUT2D eigenvalue weighted by Crippen LogP contribution is -2.28. The number of nitrogens with zero attached hydrogens (tertiary/aromatic N) is 1. The van der Waals surface area contributed by atoms with Gasteiger partial charge in [-0.2, -0.15) is 0 Å². The zero-order valence-electron chi connectivity index (χ0n) is 14.5. The molecule has 0 heterocycles. The van der Waals surface area contributed by atoms with E-state index in [4.69, 9.17) is 0 Å². The van der Waals surface area contributed by atoms with Crippen LogP contribution in [0.15, 0.2) is 41.3 Å². The number of anilines is 2. The van der Waals surface area contributed by atoms with E-state index in [1.54, 1.807) is 19.2 Å². The number of hydrogen-bond donors (Lipinski definition) is 1. The molecule has 0 saturated heterocycles. The summed E-state index contributed by atoms with van der Waals surface area (Å²) in [5, 5.41) is 2.62. The topological polar surface area (TPSA) is 66.5 Å². The maximum Gasteiger partial charge on any atom is 0.264 e. The molecule has 128 valence electrons. The highest BCUT2D eigenvalue weighted by Gasteiger charge is 2.24. The predicted octanol–water partition coefficient (Wildman–Crippen LogP) is 3.40. The Kier molecular flexibility index (Phi) is 4.99. The Balaban J connectivity index is 2.41. The van der Waals surface area contributed by atoms with Crippen LogP contribution in [-0.4, -0.2) is 21.4 Å². The number of aryl methyl sites for hydroxylation is 3. The van der Waals surface area contributed by atoms with Gasteiger partial charge >= 0.3 is 0 Å². The van der Waals surface area contributed by atoms with Gasteiger partial charge in [0.1, 0.15) is 0 Å². The van der Waals surface area contributed by atoms with E-state index in [0.29, 0.717) is 11.4 Å². The highest BCUT2D eigenvalue weighted by atomic mass is 32.2. The van der Waals surface area contributed by atoms with E-state index in [-0.39, 0.29) is 10.8 Å². The average molecular weight is 346 g/mol. The summed E-state index contributed by atoms with van der Waals surface area (Å²) in [6, 6.07) is 10.1. The second-order valence-corrected chi connectivity index (χ2v) is 7.89. The standard InChI is InChI=1S/C18H22N2O3S/c1-12-10-13(2)18(14(3)11-12)20(5)24(22,23)17-8-6-16(7-9-17)19-15(4)21/h6-11H,1-5H3,(H,19,21). The molecule has 0 radical (unpaired) electrons. The quantitative estimate of drug-likeness (QED) is 0.923. The minimum atomic E-state index is -3.67. The summed E-state index contributed by atoms with van der Waals surface area (Å²) < 4.78 is 27.1. The van der Waals surface area contributed by atoms with Crippen molar-refractivity contribution in [3.63, 3.8) is 0 Å². The molecule has 0 aliphatic heterocycles.